The van der Waals surface area contributed by atoms with E-state index in [0.717, 1.165) is 12.1 Å². The molecule has 1 atom stereocenters. The smallest absolute Gasteiger partial charge is 0.164 e. The van der Waals surface area contributed by atoms with Crippen molar-refractivity contribution in [1.82, 2.24) is 0 Å². The highest BCUT2D eigenvalue weighted by Gasteiger charge is 2.29. The van der Waals surface area contributed by atoms with Crippen LogP contribution < -0.4 is 0 Å². The van der Waals surface area contributed by atoms with Crippen LogP contribution in [0.4, 0.5) is 13.2 Å². The molecule has 0 aliphatic rings. The number of hydrogen-bond acceptors (Lipinski definition) is 1. The average Bonchev–Trinajstić information content (AvgIpc) is 2.36. The molecule has 0 bridgehead atoms. The van der Waals surface area contributed by atoms with Gasteiger partial charge in [0, 0.05) is 17.0 Å². The van der Waals surface area contributed by atoms with E-state index in [1.165, 1.54) is 31.2 Å². The lowest BCUT2D eigenvalue weighted by Gasteiger charge is -2.25. The van der Waals surface area contributed by atoms with Gasteiger partial charge in [0.25, 0.3) is 0 Å². The highest BCUT2D eigenvalue weighted by Crippen LogP contribution is 2.30. The van der Waals surface area contributed by atoms with Crippen LogP contribution in [0.5, 0.6) is 0 Å². The van der Waals surface area contributed by atoms with Gasteiger partial charge in [0.05, 0.1) is 5.60 Å². The standard InChI is InChI=1S/C15H12ClF3O/c1-15(20,11-3-2-4-13(18)14(11)19)8-9-7-10(16)5-6-12(9)17/h2-7,20H,8H2,1H3. The highest BCUT2D eigenvalue weighted by molar-refractivity contribution is 6.30. The molecule has 0 heterocycles. The van der Waals surface area contributed by atoms with Crippen molar-refractivity contribution in [2.45, 2.75) is 18.9 Å². The lowest BCUT2D eigenvalue weighted by Crippen LogP contribution is -2.26. The fourth-order valence-corrected chi connectivity index (χ4v) is 2.26. The SMILES string of the molecule is CC(O)(Cc1cc(Cl)ccc1F)c1cccc(F)c1F. The van der Waals surface area contributed by atoms with E-state index in [1.807, 2.05) is 0 Å². The van der Waals surface area contributed by atoms with Crippen molar-refractivity contribution in [2.24, 2.45) is 0 Å². The molecule has 20 heavy (non-hydrogen) atoms. The summed E-state index contributed by atoms with van der Waals surface area (Å²) in [7, 11) is 0. The summed E-state index contributed by atoms with van der Waals surface area (Å²) in [5.74, 6) is -2.76. The van der Waals surface area contributed by atoms with E-state index >= 15 is 0 Å². The number of rotatable bonds is 3. The molecule has 1 N–H and O–H groups in total. The summed E-state index contributed by atoms with van der Waals surface area (Å²) in [6.07, 6.45) is -0.222. The van der Waals surface area contributed by atoms with Gasteiger partial charge in [0.15, 0.2) is 11.6 Å². The Labute approximate surface area is 119 Å². The summed E-state index contributed by atoms with van der Waals surface area (Å²) in [6, 6.07) is 7.39. The van der Waals surface area contributed by atoms with Crippen molar-refractivity contribution in [1.29, 1.82) is 0 Å². The molecule has 0 saturated heterocycles. The minimum Gasteiger partial charge on any atom is -0.385 e. The van der Waals surface area contributed by atoms with Gasteiger partial charge >= 0.3 is 0 Å². The van der Waals surface area contributed by atoms with Crippen LogP contribution >= 0.6 is 11.6 Å². The molecular weight excluding hydrogens is 289 g/mol. The minimum absolute atomic E-state index is 0.131. The van der Waals surface area contributed by atoms with Gasteiger partial charge in [-0.05, 0) is 36.8 Å². The number of aliphatic hydroxyl groups is 1. The quantitative estimate of drug-likeness (QED) is 0.900. The molecule has 2 rings (SSSR count). The molecule has 2 aromatic carbocycles. The number of halogens is 4. The zero-order valence-electron chi connectivity index (χ0n) is 10.6. The zero-order valence-corrected chi connectivity index (χ0v) is 11.4. The van der Waals surface area contributed by atoms with Crippen LogP contribution in [-0.2, 0) is 12.0 Å². The second-order valence-electron chi connectivity index (χ2n) is 4.79. The molecule has 0 amide bonds. The summed E-state index contributed by atoms with van der Waals surface area (Å²) < 4.78 is 40.6. The van der Waals surface area contributed by atoms with Crippen LogP contribution in [0.1, 0.15) is 18.1 Å². The molecule has 0 saturated carbocycles. The Hall–Kier alpha value is -1.52. The Kier molecular flexibility index (Phi) is 4.06. The van der Waals surface area contributed by atoms with Gasteiger partial charge in [-0.3, -0.25) is 0 Å². The molecular formula is C15H12ClF3O. The van der Waals surface area contributed by atoms with Gasteiger partial charge in [-0.15, -0.1) is 0 Å². The van der Waals surface area contributed by atoms with Gasteiger partial charge in [0.2, 0.25) is 0 Å². The van der Waals surface area contributed by atoms with Crippen LogP contribution in [-0.4, -0.2) is 5.11 Å². The summed E-state index contributed by atoms with van der Waals surface area (Å²) in [4.78, 5) is 0. The molecule has 0 aliphatic carbocycles. The van der Waals surface area contributed by atoms with Gasteiger partial charge in [-0.1, -0.05) is 23.7 Å². The van der Waals surface area contributed by atoms with Crippen molar-refractivity contribution in [2.75, 3.05) is 0 Å². The fourth-order valence-electron chi connectivity index (χ4n) is 2.06. The lowest BCUT2D eigenvalue weighted by atomic mass is 9.88. The normalized spacial score (nSPS) is 14.1. The molecule has 0 spiro atoms. The van der Waals surface area contributed by atoms with Crippen molar-refractivity contribution in [3.63, 3.8) is 0 Å². The first-order valence-electron chi connectivity index (χ1n) is 5.92. The summed E-state index contributed by atoms with van der Waals surface area (Å²) in [5.41, 5.74) is -1.85. The first kappa shape index (κ1) is 14.9. The van der Waals surface area contributed by atoms with Crippen molar-refractivity contribution in [3.8, 4) is 0 Å². The van der Waals surface area contributed by atoms with Crippen LogP contribution in [0.3, 0.4) is 0 Å². The third-order valence-corrected chi connectivity index (χ3v) is 3.31. The molecule has 0 aromatic heterocycles. The Morgan fingerprint density at radius 2 is 1.80 bits per heavy atom. The van der Waals surface area contributed by atoms with Gasteiger partial charge in [-0.2, -0.15) is 0 Å². The van der Waals surface area contributed by atoms with E-state index < -0.39 is 23.1 Å². The third-order valence-electron chi connectivity index (χ3n) is 3.07. The van der Waals surface area contributed by atoms with E-state index in [2.05, 4.69) is 0 Å². The second-order valence-corrected chi connectivity index (χ2v) is 5.22. The van der Waals surface area contributed by atoms with Gasteiger partial charge < -0.3 is 5.11 Å². The van der Waals surface area contributed by atoms with E-state index in [9.17, 15) is 18.3 Å². The molecule has 1 nitrogen and oxygen atoms in total. The molecule has 0 radical (unpaired) electrons. The molecule has 5 heteroatoms. The first-order valence-corrected chi connectivity index (χ1v) is 6.30. The summed E-state index contributed by atoms with van der Waals surface area (Å²) in [6.45, 7) is 1.30. The van der Waals surface area contributed by atoms with E-state index in [4.69, 9.17) is 11.6 Å². The van der Waals surface area contributed by atoms with Crippen molar-refractivity contribution in [3.05, 3.63) is 70.0 Å². The summed E-state index contributed by atoms with van der Waals surface area (Å²) >= 11 is 5.77. The van der Waals surface area contributed by atoms with E-state index in [0.29, 0.717) is 5.02 Å². The number of hydrogen-bond donors (Lipinski definition) is 1. The average molecular weight is 301 g/mol. The predicted octanol–water partition coefficient (Wildman–Crippen LogP) is 4.21. The molecule has 106 valence electrons. The van der Waals surface area contributed by atoms with Gasteiger partial charge in [-0.25, -0.2) is 13.2 Å². The van der Waals surface area contributed by atoms with E-state index in [1.54, 1.807) is 0 Å². The van der Waals surface area contributed by atoms with Crippen LogP contribution in [0.25, 0.3) is 0 Å². The maximum Gasteiger partial charge on any atom is 0.164 e. The lowest BCUT2D eigenvalue weighted by molar-refractivity contribution is 0.0521. The van der Waals surface area contributed by atoms with Crippen molar-refractivity contribution < 1.29 is 18.3 Å². The monoisotopic (exact) mass is 300 g/mol. The van der Waals surface area contributed by atoms with Crippen LogP contribution in [0.15, 0.2) is 36.4 Å². The molecule has 0 aliphatic heterocycles. The highest BCUT2D eigenvalue weighted by atomic mass is 35.5. The fraction of sp³-hybridized carbons (Fsp3) is 0.200. The Balaban J connectivity index is 2.40. The third kappa shape index (κ3) is 2.97. The molecule has 1 unspecified atom stereocenters. The van der Waals surface area contributed by atoms with Gasteiger partial charge in [0.1, 0.15) is 5.82 Å². The molecule has 2 aromatic rings. The first-order chi connectivity index (χ1) is 9.31. The maximum atomic E-state index is 13.7. The zero-order chi connectivity index (χ0) is 14.9. The Bertz CT molecular complexity index is 641. The van der Waals surface area contributed by atoms with Crippen molar-refractivity contribution >= 4 is 11.6 Å². The van der Waals surface area contributed by atoms with Crippen LogP contribution in [0.2, 0.25) is 5.02 Å². The Morgan fingerprint density at radius 3 is 2.50 bits per heavy atom. The topological polar surface area (TPSA) is 20.2 Å². The second kappa shape index (κ2) is 5.46. The van der Waals surface area contributed by atoms with Crippen LogP contribution in [0, 0.1) is 17.5 Å². The molecule has 0 fully saturated rings. The predicted molar refractivity (Wildman–Crippen MR) is 71.0 cm³/mol. The largest absolute Gasteiger partial charge is 0.385 e. The minimum atomic E-state index is -1.75. The number of benzene rings is 2. The Morgan fingerprint density at radius 1 is 1.10 bits per heavy atom. The van der Waals surface area contributed by atoms with E-state index in [-0.39, 0.29) is 17.5 Å². The summed E-state index contributed by atoms with van der Waals surface area (Å²) in [5, 5.41) is 10.6. The maximum absolute atomic E-state index is 13.7.